The van der Waals surface area contributed by atoms with Crippen molar-refractivity contribution in [1.82, 2.24) is 0 Å². The molecule has 0 spiro atoms. The Kier molecular flexibility index (Phi) is 3.23. The summed E-state index contributed by atoms with van der Waals surface area (Å²) in [4.78, 5) is 23.3. The normalized spacial score (nSPS) is 18.8. The molecular weight excluding hydrogens is 242 g/mol. The third kappa shape index (κ3) is 2.62. The van der Waals surface area contributed by atoms with E-state index in [1.807, 2.05) is 18.2 Å². The van der Waals surface area contributed by atoms with Crippen LogP contribution in [0.2, 0.25) is 0 Å². The number of amides is 1. The van der Waals surface area contributed by atoms with Crippen molar-refractivity contribution in [2.24, 2.45) is 5.92 Å². The van der Waals surface area contributed by atoms with Gasteiger partial charge < -0.3 is 10.1 Å². The van der Waals surface area contributed by atoms with Crippen LogP contribution in [-0.2, 0) is 16.0 Å². The van der Waals surface area contributed by atoms with Gasteiger partial charge in [0.15, 0.2) is 0 Å². The van der Waals surface area contributed by atoms with Gasteiger partial charge in [-0.25, -0.2) is 0 Å². The molecule has 1 heterocycles. The molecule has 0 aromatic heterocycles. The fourth-order valence-corrected chi connectivity index (χ4v) is 2.71. The summed E-state index contributed by atoms with van der Waals surface area (Å²) in [5.74, 6) is 1.20. The molecular formula is C15H17NO3. The van der Waals surface area contributed by atoms with Crippen molar-refractivity contribution in [3.8, 4) is 5.75 Å². The number of fused-ring (bicyclic) bond motifs is 1. The van der Waals surface area contributed by atoms with Gasteiger partial charge in [0.1, 0.15) is 11.5 Å². The maximum Gasteiger partial charge on any atom is 0.227 e. The van der Waals surface area contributed by atoms with E-state index in [0.29, 0.717) is 25.7 Å². The molecule has 0 unspecified atom stereocenters. The standard InChI is InChI=1S/C15H17NO3/c17-13-4-1-10(2-5-13)15(18)16-12-3-6-14-11(9-12)7-8-19-14/h3,6,9-10H,1-2,4-5,7-8H2,(H,16,18). The topological polar surface area (TPSA) is 55.4 Å². The van der Waals surface area contributed by atoms with E-state index >= 15 is 0 Å². The summed E-state index contributed by atoms with van der Waals surface area (Å²) in [5.41, 5.74) is 1.97. The number of ether oxygens (including phenoxy) is 1. The minimum Gasteiger partial charge on any atom is -0.493 e. The van der Waals surface area contributed by atoms with Gasteiger partial charge in [0, 0.05) is 30.9 Å². The van der Waals surface area contributed by atoms with E-state index in [1.165, 1.54) is 0 Å². The molecule has 1 N–H and O–H groups in total. The first-order chi connectivity index (χ1) is 9.22. The van der Waals surface area contributed by atoms with Gasteiger partial charge >= 0.3 is 0 Å². The lowest BCUT2D eigenvalue weighted by Crippen LogP contribution is -2.27. The Bertz CT molecular complexity index is 514. The van der Waals surface area contributed by atoms with E-state index in [1.54, 1.807) is 0 Å². The Labute approximate surface area is 112 Å². The van der Waals surface area contributed by atoms with Gasteiger partial charge in [0.25, 0.3) is 0 Å². The SMILES string of the molecule is O=C1CCC(C(=O)Nc2ccc3c(c2)CCO3)CC1. The van der Waals surface area contributed by atoms with Crippen molar-refractivity contribution in [2.75, 3.05) is 11.9 Å². The molecule has 19 heavy (non-hydrogen) atoms. The van der Waals surface area contributed by atoms with Crippen LogP contribution in [0.1, 0.15) is 31.2 Å². The van der Waals surface area contributed by atoms with Gasteiger partial charge in [0.2, 0.25) is 5.91 Å². The molecule has 0 saturated heterocycles. The largest absolute Gasteiger partial charge is 0.493 e. The number of rotatable bonds is 2. The van der Waals surface area contributed by atoms with E-state index in [0.717, 1.165) is 30.0 Å². The van der Waals surface area contributed by atoms with E-state index in [9.17, 15) is 9.59 Å². The Morgan fingerprint density at radius 3 is 2.79 bits per heavy atom. The van der Waals surface area contributed by atoms with Crippen molar-refractivity contribution in [1.29, 1.82) is 0 Å². The summed E-state index contributed by atoms with van der Waals surface area (Å²) >= 11 is 0. The second-order valence-corrected chi connectivity index (χ2v) is 5.22. The van der Waals surface area contributed by atoms with E-state index in [4.69, 9.17) is 4.74 Å². The highest BCUT2D eigenvalue weighted by Gasteiger charge is 2.25. The Hall–Kier alpha value is -1.84. The summed E-state index contributed by atoms with van der Waals surface area (Å²) < 4.78 is 5.44. The van der Waals surface area contributed by atoms with Crippen LogP contribution in [0.15, 0.2) is 18.2 Å². The maximum absolute atomic E-state index is 12.1. The first kappa shape index (κ1) is 12.2. The summed E-state index contributed by atoms with van der Waals surface area (Å²) in [6.45, 7) is 0.720. The number of carbonyl (C=O) groups excluding carboxylic acids is 2. The fraction of sp³-hybridized carbons (Fsp3) is 0.467. The monoisotopic (exact) mass is 259 g/mol. The Morgan fingerprint density at radius 1 is 1.21 bits per heavy atom. The second-order valence-electron chi connectivity index (χ2n) is 5.22. The van der Waals surface area contributed by atoms with Gasteiger partial charge in [-0.2, -0.15) is 0 Å². The van der Waals surface area contributed by atoms with E-state index in [-0.39, 0.29) is 17.6 Å². The first-order valence-electron chi connectivity index (χ1n) is 6.80. The van der Waals surface area contributed by atoms with Crippen LogP contribution in [0, 0.1) is 5.92 Å². The number of carbonyl (C=O) groups is 2. The van der Waals surface area contributed by atoms with Crippen molar-refractivity contribution in [3.63, 3.8) is 0 Å². The van der Waals surface area contributed by atoms with Gasteiger partial charge in [0.05, 0.1) is 6.61 Å². The predicted molar refractivity (Wildman–Crippen MR) is 71.2 cm³/mol. The number of Topliss-reactive ketones (excluding diaryl/α,β-unsaturated/α-hetero) is 1. The number of hydrogen-bond donors (Lipinski definition) is 1. The average Bonchev–Trinajstić information content (AvgIpc) is 2.87. The number of nitrogens with one attached hydrogen (secondary N) is 1. The zero-order valence-electron chi connectivity index (χ0n) is 10.8. The van der Waals surface area contributed by atoms with Gasteiger partial charge in [-0.05, 0) is 36.6 Å². The molecule has 2 aliphatic rings. The summed E-state index contributed by atoms with van der Waals surface area (Å²) in [6.07, 6.45) is 3.33. The lowest BCUT2D eigenvalue weighted by atomic mass is 9.88. The quantitative estimate of drug-likeness (QED) is 0.886. The van der Waals surface area contributed by atoms with Crippen molar-refractivity contribution >= 4 is 17.4 Å². The van der Waals surface area contributed by atoms with Gasteiger partial charge in [-0.15, -0.1) is 0 Å². The molecule has 1 amide bonds. The first-order valence-corrected chi connectivity index (χ1v) is 6.80. The van der Waals surface area contributed by atoms with Crippen molar-refractivity contribution < 1.29 is 14.3 Å². The zero-order valence-corrected chi connectivity index (χ0v) is 10.8. The van der Waals surface area contributed by atoms with E-state index < -0.39 is 0 Å². The second kappa shape index (κ2) is 5.03. The zero-order chi connectivity index (χ0) is 13.2. The molecule has 4 nitrogen and oxygen atoms in total. The fourth-order valence-electron chi connectivity index (χ4n) is 2.71. The van der Waals surface area contributed by atoms with E-state index in [2.05, 4.69) is 5.32 Å². The molecule has 100 valence electrons. The summed E-state index contributed by atoms with van der Waals surface area (Å²) in [5, 5.41) is 2.95. The van der Waals surface area contributed by atoms with Crippen LogP contribution < -0.4 is 10.1 Å². The smallest absolute Gasteiger partial charge is 0.227 e. The third-order valence-electron chi connectivity index (χ3n) is 3.87. The number of hydrogen-bond acceptors (Lipinski definition) is 3. The van der Waals surface area contributed by atoms with Gasteiger partial charge in [-0.1, -0.05) is 0 Å². The maximum atomic E-state index is 12.1. The molecule has 3 rings (SSSR count). The molecule has 1 aliphatic heterocycles. The third-order valence-corrected chi connectivity index (χ3v) is 3.87. The minimum atomic E-state index is -0.0257. The van der Waals surface area contributed by atoms with Crippen LogP contribution in [0.3, 0.4) is 0 Å². The molecule has 0 bridgehead atoms. The Morgan fingerprint density at radius 2 is 2.00 bits per heavy atom. The molecule has 4 heteroatoms. The molecule has 1 aromatic carbocycles. The van der Waals surface area contributed by atoms with Crippen LogP contribution in [0.25, 0.3) is 0 Å². The highest BCUT2D eigenvalue weighted by atomic mass is 16.5. The van der Waals surface area contributed by atoms with Crippen LogP contribution in [-0.4, -0.2) is 18.3 Å². The number of ketones is 1. The molecule has 1 saturated carbocycles. The number of benzene rings is 1. The van der Waals surface area contributed by atoms with Crippen LogP contribution in [0.5, 0.6) is 5.75 Å². The molecule has 1 aromatic rings. The highest BCUT2D eigenvalue weighted by Crippen LogP contribution is 2.29. The average molecular weight is 259 g/mol. The summed E-state index contributed by atoms with van der Waals surface area (Å²) in [6, 6.07) is 5.76. The van der Waals surface area contributed by atoms with Crippen molar-refractivity contribution in [2.45, 2.75) is 32.1 Å². The Balaban J connectivity index is 1.64. The minimum absolute atomic E-state index is 0.0257. The van der Waals surface area contributed by atoms with Crippen molar-refractivity contribution in [3.05, 3.63) is 23.8 Å². The lowest BCUT2D eigenvalue weighted by Gasteiger charge is -2.20. The molecule has 1 fully saturated rings. The summed E-state index contributed by atoms with van der Waals surface area (Å²) in [7, 11) is 0. The molecule has 1 aliphatic carbocycles. The molecule has 0 atom stereocenters. The van der Waals surface area contributed by atoms with Crippen LogP contribution in [0.4, 0.5) is 5.69 Å². The number of anilines is 1. The lowest BCUT2D eigenvalue weighted by molar-refractivity contribution is -0.125. The highest BCUT2D eigenvalue weighted by molar-refractivity contribution is 5.94. The molecule has 0 radical (unpaired) electrons. The van der Waals surface area contributed by atoms with Crippen LogP contribution >= 0.6 is 0 Å². The predicted octanol–water partition coefficient (Wildman–Crippen LogP) is 2.32. The van der Waals surface area contributed by atoms with Gasteiger partial charge in [-0.3, -0.25) is 9.59 Å².